The van der Waals surface area contributed by atoms with E-state index in [-0.39, 0.29) is 24.8 Å². The van der Waals surface area contributed by atoms with Crippen molar-refractivity contribution < 1.29 is 18.4 Å². The van der Waals surface area contributed by atoms with Gasteiger partial charge in [-0.15, -0.1) is 0 Å². The lowest BCUT2D eigenvalue weighted by Gasteiger charge is -2.25. The van der Waals surface area contributed by atoms with Crippen LogP contribution in [-0.4, -0.2) is 18.4 Å². The van der Waals surface area contributed by atoms with Crippen LogP contribution in [0.2, 0.25) is 0 Å². The van der Waals surface area contributed by atoms with Gasteiger partial charge in [0, 0.05) is 25.6 Å². The number of amides is 2. The summed E-state index contributed by atoms with van der Waals surface area (Å²) in [5, 5.41) is 2.23. The minimum atomic E-state index is -0.841. The summed E-state index contributed by atoms with van der Waals surface area (Å²) >= 11 is 0. The molecule has 2 rings (SSSR count). The predicted molar refractivity (Wildman–Crippen MR) is 98.2 cm³/mol. The molecule has 0 radical (unpaired) electrons. The average Bonchev–Trinajstić information content (AvgIpc) is 2.58. The van der Waals surface area contributed by atoms with Gasteiger partial charge in [0.15, 0.2) is 0 Å². The summed E-state index contributed by atoms with van der Waals surface area (Å²) in [6, 6.07) is 10.8. The van der Waals surface area contributed by atoms with Gasteiger partial charge in [-0.3, -0.25) is 9.59 Å². The van der Waals surface area contributed by atoms with E-state index in [1.807, 2.05) is 38.1 Å². The SMILES string of the molecule is CC(=O)N(CCC(=O)Nc1c(F)cccc1F)c1ccccc1C(C)C. The fraction of sp³-hybridized carbons (Fsp3) is 0.300. The third kappa shape index (κ3) is 4.65. The molecular formula is C20H22F2N2O2. The highest BCUT2D eigenvalue weighted by atomic mass is 19.1. The molecule has 0 aromatic heterocycles. The molecule has 2 amide bonds. The van der Waals surface area contributed by atoms with E-state index in [0.717, 1.165) is 23.4 Å². The number of carbonyl (C=O) groups excluding carboxylic acids is 2. The number of halogens is 2. The van der Waals surface area contributed by atoms with Crippen LogP contribution in [0.15, 0.2) is 42.5 Å². The highest BCUT2D eigenvalue weighted by molar-refractivity contribution is 5.95. The normalized spacial score (nSPS) is 10.7. The van der Waals surface area contributed by atoms with E-state index in [1.165, 1.54) is 17.9 Å². The molecule has 0 spiro atoms. The lowest BCUT2D eigenvalue weighted by atomic mass is 10.0. The van der Waals surface area contributed by atoms with Crippen molar-refractivity contribution in [1.82, 2.24) is 0 Å². The molecule has 0 aliphatic carbocycles. The molecule has 0 saturated carbocycles. The second kappa shape index (κ2) is 8.56. The molecule has 6 heteroatoms. The third-order valence-electron chi connectivity index (χ3n) is 4.02. The zero-order chi connectivity index (χ0) is 19.3. The Balaban J connectivity index is 2.12. The molecule has 1 N–H and O–H groups in total. The maximum absolute atomic E-state index is 13.6. The summed E-state index contributed by atoms with van der Waals surface area (Å²) in [4.78, 5) is 25.7. The lowest BCUT2D eigenvalue weighted by molar-refractivity contribution is -0.117. The first-order valence-corrected chi connectivity index (χ1v) is 8.42. The van der Waals surface area contributed by atoms with Crippen LogP contribution >= 0.6 is 0 Å². The van der Waals surface area contributed by atoms with Crippen LogP contribution in [0.4, 0.5) is 20.2 Å². The number of rotatable bonds is 6. The topological polar surface area (TPSA) is 49.4 Å². The minimum Gasteiger partial charge on any atom is -0.321 e. The largest absolute Gasteiger partial charge is 0.321 e. The van der Waals surface area contributed by atoms with Gasteiger partial charge in [0.05, 0.1) is 0 Å². The quantitative estimate of drug-likeness (QED) is 0.826. The van der Waals surface area contributed by atoms with Gasteiger partial charge in [-0.1, -0.05) is 38.1 Å². The van der Waals surface area contributed by atoms with Crippen molar-refractivity contribution in [1.29, 1.82) is 0 Å². The van der Waals surface area contributed by atoms with Gasteiger partial charge in [0.1, 0.15) is 17.3 Å². The fourth-order valence-electron chi connectivity index (χ4n) is 2.70. The van der Waals surface area contributed by atoms with Gasteiger partial charge < -0.3 is 10.2 Å². The summed E-state index contributed by atoms with van der Waals surface area (Å²) in [5.41, 5.74) is 1.25. The number of nitrogens with zero attached hydrogens (tertiary/aromatic N) is 1. The van der Waals surface area contributed by atoms with E-state index in [9.17, 15) is 18.4 Å². The van der Waals surface area contributed by atoms with Gasteiger partial charge in [-0.2, -0.15) is 0 Å². The van der Waals surface area contributed by atoms with Crippen LogP contribution in [0.5, 0.6) is 0 Å². The highest BCUT2D eigenvalue weighted by Crippen LogP contribution is 2.27. The zero-order valence-electron chi connectivity index (χ0n) is 15.1. The van der Waals surface area contributed by atoms with Crippen molar-refractivity contribution in [3.63, 3.8) is 0 Å². The average molecular weight is 360 g/mol. The molecule has 0 aliphatic heterocycles. The molecule has 4 nitrogen and oxygen atoms in total. The molecule has 2 aromatic rings. The molecule has 0 fully saturated rings. The molecule has 0 unspecified atom stereocenters. The maximum atomic E-state index is 13.6. The predicted octanol–water partition coefficient (Wildman–Crippen LogP) is 4.47. The Morgan fingerprint density at radius 2 is 1.65 bits per heavy atom. The first kappa shape index (κ1) is 19.6. The maximum Gasteiger partial charge on any atom is 0.226 e. The number of nitrogens with one attached hydrogen (secondary N) is 1. The molecule has 0 saturated heterocycles. The van der Waals surface area contributed by atoms with Gasteiger partial charge in [0.2, 0.25) is 11.8 Å². The Bertz CT molecular complexity index is 786. The number of anilines is 2. The van der Waals surface area contributed by atoms with Crippen molar-refractivity contribution >= 4 is 23.2 Å². The zero-order valence-corrected chi connectivity index (χ0v) is 15.1. The van der Waals surface area contributed by atoms with Crippen LogP contribution in [0.25, 0.3) is 0 Å². The van der Waals surface area contributed by atoms with Crippen molar-refractivity contribution in [2.45, 2.75) is 33.1 Å². The summed E-state index contributed by atoms with van der Waals surface area (Å²) < 4.78 is 27.3. The Labute approximate surface area is 151 Å². The van der Waals surface area contributed by atoms with Crippen molar-refractivity contribution in [3.8, 4) is 0 Å². The Kier molecular flexibility index (Phi) is 6.44. The smallest absolute Gasteiger partial charge is 0.226 e. The number of benzene rings is 2. The van der Waals surface area contributed by atoms with Crippen molar-refractivity contribution in [2.24, 2.45) is 0 Å². The number of para-hydroxylation sites is 2. The van der Waals surface area contributed by atoms with Crippen LogP contribution < -0.4 is 10.2 Å². The molecule has 0 heterocycles. The molecule has 26 heavy (non-hydrogen) atoms. The minimum absolute atomic E-state index is 0.0835. The lowest BCUT2D eigenvalue weighted by Crippen LogP contribution is -2.33. The second-order valence-electron chi connectivity index (χ2n) is 6.28. The molecule has 0 aliphatic rings. The van der Waals surface area contributed by atoms with Gasteiger partial charge in [-0.25, -0.2) is 8.78 Å². The monoisotopic (exact) mass is 360 g/mol. The number of hydrogen-bond donors (Lipinski definition) is 1. The van der Waals surface area contributed by atoms with Crippen LogP contribution in [0.3, 0.4) is 0 Å². The van der Waals surface area contributed by atoms with Crippen LogP contribution in [-0.2, 0) is 9.59 Å². The highest BCUT2D eigenvalue weighted by Gasteiger charge is 2.19. The first-order valence-electron chi connectivity index (χ1n) is 8.42. The molecule has 138 valence electrons. The number of carbonyl (C=O) groups is 2. The van der Waals surface area contributed by atoms with E-state index in [2.05, 4.69) is 5.32 Å². The molecule has 2 aromatic carbocycles. The van der Waals surface area contributed by atoms with Crippen molar-refractivity contribution in [2.75, 3.05) is 16.8 Å². The summed E-state index contributed by atoms with van der Waals surface area (Å²) in [5.74, 6) is -2.25. The molecule has 0 atom stereocenters. The summed E-state index contributed by atoms with van der Waals surface area (Å²) in [6.45, 7) is 5.57. The number of hydrogen-bond acceptors (Lipinski definition) is 2. The fourth-order valence-corrected chi connectivity index (χ4v) is 2.70. The standard InChI is InChI=1S/C20H22F2N2O2/c1-13(2)15-7-4-5-10-18(15)24(14(3)25)12-11-19(26)23-20-16(21)8-6-9-17(20)22/h4-10,13H,11-12H2,1-3H3,(H,23,26). The van der Waals surface area contributed by atoms with Crippen LogP contribution in [0.1, 0.15) is 38.7 Å². The van der Waals surface area contributed by atoms with E-state index in [1.54, 1.807) is 0 Å². The Morgan fingerprint density at radius 1 is 1.04 bits per heavy atom. The van der Waals surface area contributed by atoms with E-state index < -0.39 is 23.2 Å². The summed E-state index contributed by atoms with van der Waals surface area (Å²) in [6.07, 6.45) is -0.0835. The van der Waals surface area contributed by atoms with Gasteiger partial charge in [0.25, 0.3) is 0 Å². The van der Waals surface area contributed by atoms with Crippen LogP contribution in [0, 0.1) is 11.6 Å². The van der Waals surface area contributed by atoms with E-state index >= 15 is 0 Å². The third-order valence-corrected chi connectivity index (χ3v) is 4.02. The molecule has 0 bridgehead atoms. The van der Waals surface area contributed by atoms with Gasteiger partial charge >= 0.3 is 0 Å². The summed E-state index contributed by atoms with van der Waals surface area (Å²) in [7, 11) is 0. The second-order valence-corrected chi connectivity index (χ2v) is 6.28. The van der Waals surface area contributed by atoms with E-state index in [0.29, 0.717) is 0 Å². The van der Waals surface area contributed by atoms with Crippen molar-refractivity contribution in [3.05, 3.63) is 59.7 Å². The Hall–Kier alpha value is -2.76. The molecular weight excluding hydrogens is 338 g/mol. The Morgan fingerprint density at radius 3 is 2.23 bits per heavy atom. The van der Waals surface area contributed by atoms with E-state index in [4.69, 9.17) is 0 Å². The van der Waals surface area contributed by atoms with Gasteiger partial charge in [-0.05, 0) is 29.7 Å². The first-order chi connectivity index (χ1) is 12.3.